The Morgan fingerprint density at radius 1 is 0.588 bits per heavy atom. The molecule has 2 nitrogen and oxygen atoms in total. The quantitative estimate of drug-likeness (QED) is 0.656. The van der Waals surface area contributed by atoms with Crippen LogP contribution in [0.25, 0.3) is 0 Å². The van der Waals surface area contributed by atoms with Gasteiger partial charge in [-0.05, 0) is 81.6 Å². The van der Waals surface area contributed by atoms with Gasteiger partial charge in [-0.15, -0.1) is 0 Å². The molecule has 0 aliphatic heterocycles. The van der Waals surface area contributed by atoms with Gasteiger partial charge in [0.2, 0.25) is 0 Å². The lowest BCUT2D eigenvalue weighted by Crippen LogP contribution is -2.39. The topological polar surface area (TPSA) is 6.48 Å². The highest BCUT2D eigenvalue weighted by molar-refractivity contribution is 4.74. The van der Waals surface area contributed by atoms with Crippen LogP contribution >= 0.6 is 0 Å². The third-order valence-corrected chi connectivity index (χ3v) is 3.78. The van der Waals surface area contributed by atoms with Gasteiger partial charge < -0.3 is 9.80 Å². The highest BCUT2D eigenvalue weighted by atomic mass is 15.2. The van der Waals surface area contributed by atoms with Crippen molar-refractivity contribution in [2.75, 3.05) is 27.2 Å². The second-order valence-corrected chi connectivity index (χ2v) is 7.25. The second-order valence-electron chi connectivity index (χ2n) is 7.25. The Hall–Kier alpha value is -0.0800. The first kappa shape index (κ1) is 16.9. The van der Waals surface area contributed by atoms with Crippen molar-refractivity contribution in [2.45, 2.75) is 71.9 Å². The zero-order valence-electron chi connectivity index (χ0n) is 13.4. The number of unbranched alkanes of at least 4 members (excludes halogenated alkanes) is 2. The smallest absolute Gasteiger partial charge is 0.0122 e. The van der Waals surface area contributed by atoms with Gasteiger partial charge in [0.25, 0.3) is 0 Å². The predicted octanol–water partition coefficient (Wildman–Crippen LogP) is 3.62. The molecule has 0 saturated carbocycles. The molecule has 0 radical (unpaired) electrons. The summed E-state index contributed by atoms with van der Waals surface area (Å²) in [6, 6.07) is 0. The zero-order chi connectivity index (χ0) is 13.7. The maximum atomic E-state index is 2.44. The molecule has 0 bridgehead atoms. The molecule has 0 N–H and O–H groups in total. The van der Waals surface area contributed by atoms with Gasteiger partial charge in [-0.25, -0.2) is 0 Å². The first-order chi connectivity index (χ1) is 7.55. The molecule has 104 valence electrons. The summed E-state index contributed by atoms with van der Waals surface area (Å²) < 4.78 is 0. The zero-order valence-corrected chi connectivity index (χ0v) is 13.4. The van der Waals surface area contributed by atoms with Crippen LogP contribution in [-0.2, 0) is 0 Å². The van der Waals surface area contributed by atoms with Crippen LogP contribution in [0.1, 0.15) is 60.8 Å². The first-order valence-corrected chi connectivity index (χ1v) is 6.97. The number of hydrogen-bond acceptors (Lipinski definition) is 2. The molecule has 0 aromatic rings. The van der Waals surface area contributed by atoms with E-state index < -0.39 is 0 Å². The third-order valence-electron chi connectivity index (χ3n) is 3.78. The van der Waals surface area contributed by atoms with Gasteiger partial charge in [-0.3, -0.25) is 0 Å². The molecule has 0 unspecified atom stereocenters. The van der Waals surface area contributed by atoms with Crippen molar-refractivity contribution in [3.63, 3.8) is 0 Å². The monoisotopic (exact) mass is 242 g/mol. The van der Waals surface area contributed by atoms with Crippen LogP contribution in [0.15, 0.2) is 0 Å². The SMILES string of the molecule is CN(CCCCCN(C)C(C)(C)C)C(C)(C)C. The van der Waals surface area contributed by atoms with Crippen molar-refractivity contribution in [1.82, 2.24) is 9.80 Å². The molecule has 0 aromatic heterocycles. The van der Waals surface area contributed by atoms with Gasteiger partial charge >= 0.3 is 0 Å². The van der Waals surface area contributed by atoms with Crippen LogP contribution in [0.3, 0.4) is 0 Å². The lowest BCUT2D eigenvalue weighted by atomic mass is 10.1. The molecule has 0 aromatic carbocycles. The van der Waals surface area contributed by atoms with E-state index in [-0.39, 0.29) is 0 Å². The summed E-state index contributed by atoms with van der Waals surface area (Å²) in [4.78, 5) is 4.89. The molecule has 0 rings (SSSR count). The molecule has 0 heterocycles. The number of hydrogen-bond donors (Lipinski definition) is 0. The molecule has 0 fully saturated rings. The fourth-order valence-corrected chi connectivity index (χ4v) is 1.55. The van der Waals surface area contributed by atoms with E-state index in [9.17, 15) is 0 Å². The molecule has 0 spiro atoms. The Labute approximate surface area is 109 Å². The average molecular weight is 242 g/mol. The molecular formula is C15H34N2. The predicted molar refractivity (Wildman–Crippen MR) is 78.6 cm³/mol. The van der Waals surface area contributed by atoms with E-state index in [1.54, 1.807) is 0 Å². The molecule has 0 aliphatic carbocycles. The Morgan fingerprint density at radius 3 is 1.12 bits per heavy atom. The van der Waals surface area contributed by atoms with Crippen LogP contribution < -0.4 is 0 Å². The molecule has 17 heavy (non-hydrogen) atoms. The van der Waals surface area contributed by atoms with Gasteiger partial charge in [0.15, 0.2) is 0 Å². The summed E-state index contributed by atoms with van der Waals surface area (Å²) in [5, 5.41) is 0. The van der Waals surface area contributed by atoms with Crippen LogP contribution in [-0.4, -0.2) is 48.1 Å². The van der Waals surface area contributed by atoms with Crippen molar-refractivity contribution in [1.29, 1.82) is 0 Å². The van der Waals surface area contributed by atoms with Crippen molar-refractivity contribution in [3.05, 3.63) is 0 Å². The molecule has 2 heteroatoms. The Morgan fingerprint density at radius 2 is 0.882 bits per heavy atom. The largest absolute Gasteiger partial charge is 0.302 e. The molecule has 0 atom stereocenters. The molecule has 0 saturated heterocycles. The van der Waals surface area contributed by atoms with Crippen LogP contribution in [0.4, 0.5) is 0 Å². The van der Waals surface area contributed by atoms with Gasteiger partial charge in [0.05, 0.1) is 0 Å². The minimum Gasteiger partial charge on any atom is -0.302 e. The van der Waals surface area contributed by atoms with E-state index in [0.717, 1.165) is 0 Å². The van der Waals surface area contributed by atoms with Crippen molar-refractivity contribution in [2.24, 2.45) is 0 Å². The van der Waals surface area contributed by atoms with Crippen LogP contribution in [0.5, 0.6) is 0 Å². The van der Waals surface area contributed by atoms with Gasteiger partial charge in [0.1, 0.15) is 0 Å². The molecular weight excluding hydrogens is 208 g/mol. The fourth-order valence-electron chi connectivity index (χ4n) is 1.55. The second kappa shape index (κ2) is 6.75. The van der Waals surface area contributed by atoms with Crippen LogP contribution in [0.2, 0.25) is 0 Å². The van der Waals surface area contributed by atoms with E-state index >= 15 is 0 Å². The Balaban J connectivity index is 3.61. The maximum absolute atomic E-state index is 2.44. The summed E-state index contributed by atoms with van der Waals surface area (Å²) in [5.41, 5.74) is 0.615. The third kappa shape index (κ3) is 7.77. The fraction of sp³-hybridized carbons (Fsp3) is 1.00. The minimum absolute atomic E-state index is 0.308. The normalized spacial score (nSPS) is 13.8. The van der Waals surface area contributed by atoms with E-state index in [0.29, 0.717) is 11.1 Å². The molecule has 0 aliphatic rings. The maximum Gasteiger partial charge on any atom is 0.0122 e. The van der Waals surface area contributed by atoms with E-state index in [2.05, 4.69) is 65.4 Å². The van der Waals surface area contributed by atoms with Crippen molar-refractivity contribution < 1.29 is 0 Å². The van der Waals surface area contributed by atoms with Gasteiger partial charge in [-0.2, -0.15) is 0 Å². The summed E-state index contributed by atoms with van der Waals surface area (Å²) >= 11 is 0. The Bertz CT molecular complexity index is 176. The van der Waals surface area contributed by atoms with E-state index in [4.69, 9.17) is 0 Å². The Kier molecular flexibility index (Phi) is 6.71. The van der Waals surface area contributed by atoms with Gasteiger partial charge in [0, 0.05) is 11.1 Å². The van der Waals surface area contributed by atoms with E-state index in [1.165, 1.54) is 32.4 Å². The minimum atomic E-state index is 0.308. The van der Waals surface area contributed by atoms with Gasteiger partial charge in [-0.1, -0.05) is 6.42 Å². The van der Waals surface area contributed by atoms with Crippen LogP contribution in [0, 0.1) is 0 Å². The summed E-state index contributed by atoms with van der Waals surface area (Å²) in [5.74, 6) is 0. The first-order valence-electron chi connectivity index (χ1n) is 6.97. The highest BCUT2D eigenvalue weighted by Gasteiger charge is 2.17. The van der Waals surface area contributed by atoms with Crippen molar-refractivity contribution >= 4 is 0 Å². The number of nitrogens with zero attached hydrogens (tertiary/aromatic N) is 2. The van der Waals surface area contributed by atoms with E-state index in [1.807, 2.05) is 0 Å². The van der Waals surface area contributed by atoms with Crippen molar-refractivity contribution in [3.8, 4) is 0 Å². The standard InChI is InChI=1S/C15H34N2/c1-14(2,3)16(7)12-10-9-11-13-17(8)15(4,5)6/h9-13H2,1-8H3. The average Bonchev–Trinajstić information content (AvgIpc) is 2.13. The summed E-state index contributed by atoms with van der Waals surface area (Å²) in [7, 11) is 4.45. The lowest BCUT2D eigenvalue weighted by molar-refractivity contribution is 0.161. The number of rotatable bonds is 6. The summed E-state index contributed by atoms with van der Waals surface area (Å²) in [6.45, 7) is 16.1. The molecule has 0 amide bonds. The lowest BCUT2D eigenvalue weighted by Gasteiger charge is -2.33. The highest BCUT2D eigenvalue weighted by Crippen LogP contribution is 2.13. The summed E-state index contributed by atoms with van der Waals surface area (Å²) in [6.07, 6.45) is 3.96.